The molecule has 0 saturated heterocycles. The first-order chi connectivity index (χ1) is 8.76. The van der Waals surface area contributed by atoms with Gasteiger partial charge in [0.2, 0.25) is 6.29 Å². The zero-order chi connectivity index (χ0) is 13.0. The minimum atomic E-state index is -0.544. The molecule has 94 valence electrons. The van der Waals surface area contributed by atoms with Crippen LogP contribution in [-0.2, 0) is 9.47 Å². The standard InChI is InChI=1S/C13H14N2O3/c1-17-13(18-2)10-7-8-14-12(15-10)9-5-3-4-6-11(9)16/h3-8,13,16H,1-2H3. The average molecular weight is 246 g/mol. The molecule has 0 atom stereocenters. The van der Waals surface area contributed by atoms with Crippen LogP contribution in [0.2, 0.25) is 0 Å². The van der Waals surface area contributed by atoms with Crippen LogP contribution in [0.3, 0.4) is 0 Å². The molecule has 2 aromatic rings. The first-order valence-corrected chi connectivity index (χ1v) is 5.43. The van der Waals surface area contributed by atoms with E-state index in [1.807, 2.05) is 6.07 Å². The van der Waals surface area contributed by atoms with E-state index in [1.165, 1.54) is 14.2 Å². The second kappa shape index (κ2) is 5.57. The number of phenolic OH excluding ortho intramolecular Hbond substituents is 1. The molecule has 1 N–H and O–H groups in total. The molecule has 0 fully saturated rings. The van der Waals surface area contributed by atoms with Gasteiger partial charge in [0.1, 0.15) is 11.4 Å². The summed E-state index contributed by atoms with van der Waals surface area (Å²) < 4.78 is 10.3. The van der Waals surface area contributed by atoms with Crippen molar-refractivity contribution < 1.29 is 14.6 Å². The second-order valence-electron chi connectivity index (χ2n) is 3.63. The van der Waals surface area contributed by atoms with Crippen LogP contribution in [-0.4, -0.2) is 29.3 Å². The predicted molar refractivity (Wildman–Crippen MR) is 65.9 cm³/mol. The van der Waals surface area contributed by atoms with Crippen LogP contribution in [0.1, 0.15) is 12.0 Å². The SMILES string of the molecule is COC(OC)c1ccnc(-c2ccccc2O)n1. The van der Waals surface area contributed by atoms with Crippen LogP contribution in [0.5, 0.6) is 5.75 Å². The summed E-state index contributed by atoms with van der Waals surface area (Å²) in [7, 11) is 3.08. The number of rotatable bonds is 4. The molecule has 2 rings (SSSR count). The fourth-order valence-corrected chi connectivity index (χ4v) is 1.63. The number of para-hydroxylation sites is 1. The molecular formula is C13H14N2O3. The molecule has 0 aliphatic heterocycles. The Labute approximate surface area is 105 Å². The molecule has 0 saturated carbocycles. The van der Waals surface area contributed by atoms with E-state index in [2.05, 4.69) is 9.97 Å². The summed E-state index contributed by atoms with van der Waals surface area (Å²) in [5.41, 5.74) is 1.18. The van der Waals surface area contributed by atoms with E-state index in [0.29, 0.717) is 17.1 Å². The van der Waals surface area contributed by atoms with E-state index in [0.717, 1.165) is 0 Å². The zero-order valence-corrected chi connectivity index (χ0v) is 10.2. The molecule has 0 aliphatic rings. The third-order valence-electron chi connectivity index (χ3n) is 2.49. The van der Waals surface area contributed by atoms with Gasteiger partial charge in [-0.05, 0) is 18.2 Å². The highest BCUT2D eigenvalue weighted by molar-refractivity contribution is 5.63. The van der Waals surface area contributed by atoms with Gasteiger partial charge in [-0.1, -0.05) is 12.1 Å². The average Bonchev–Trinajstić information content (AvgIpc) is 2.41. The minimum Gasteiger partial charge on any atom is -0.507 e. The van der Waals surface area contributed by atoms with Gasteiger partial charge in [0.15, 0.2) is 5.82 Å². The number of aromatic hydroxyl groups is 1. The highest BCUT2D eigenvalue weighted by atomic mass is 16.7. The van der Waals surface area contributed by atoms with Gasteiger partial charge in [-0.25, -0.2) is 9.97 Å². The second-order valence-corrected chi connectivity index (χ2v) is 3.63. The molecular weight excluding hydrogens is 232 g/mol. The summed E-state index contributed by atoms with van der Waals surface area (Å²) in [5, 5.41) is 9.77. The van der Waals surface area contributed by atoms with Crippen molar-refractivity contribution in [3.8, 4) is 17.1 Å². The lowest BCUT2D eigenvalue weighted by molar-refractivity contribution is -0.108. The maximum absolute atomic E-state index is 9.77. The lowest BCUT2D eigenvalue weighted by Crippen LogP contribution is -2.07. The Morgan fingerprint density at radius 1 is 1.11 bits per heavy atom. The van der Waals surface area contributed by atoms with Crippen molar-refractivity contribution in [2.24, 2.45) is 0 Å². The summed E-state index contributed by atoms with van der Waals surface area (Å²) in [6.45, 7) is 0. The number of methoxy groups -OCH3 is 2. The van der Waals surface area contributed by atoms with E-state index in [9.17, 15) is 5.11 Å². The number of ether oxygens (including phenoxy) is 2. The highest BCUT2D eigenvalue weighted by Gasteiger charge is 2.13. The van der Waals surface area contributed by atoms with Crippen molar-refractivity contribution in [2.75, 3.05) is 14.2 Å². The van der Waals surface area contributed by atoms with Crippen molar-refractivity contribution in [3.63, 3.8) is 0 Å². The van der Waals surface area contributed by atoms with Gasteiger partial charge in [-0.2, -0.15) is 0 Å². The Balaban J connectivity index is 2.42. The maximum atomic E-state index is 9.77. The minimum absolute atomic E-state index is 0.140. The van der Waals surface area contributed by atoms with Crippen LogP contribution in [0.15, 0.2) is 36.5 Å². The zero-order valence-electron chi connectivity index (χ0n) is 10.2. The van der Waals surface area contributed by atoms with Gasteiger partial charge in [0.05, 0.1) is 5.56 Å². The summed E-state index contributed by atoms with van der Waals surface area (Å²) >= 11 is 0. The van der Waals surface area contributed by atoms with E-state index < -0.39 is 6.29 Å². The van der Waals surface area contributed by atoms with Crippen LogP contribution < -0.4 is 0 Å². The van der Waals surface area contributed by atoms with Gasteiger partial charge in [-0.3, -0.25) is 0 Å². The Morgan fingerprint density at radius 2 is 1.83 bits per heavy atom. The molecule has 0 unspecified atom stereocenters. The van der Waals surface area contributed by atoms with Gasteiger partial charge < -0.3 is 14.6 Å². The molecule has 0 spiro atoms. The van der Waals surface area contributed by atoms with Crippen molar-refractivity contribution in [3.05, 3.63) is 42.2 Å². The molecule has 5 heteroatoms. The van der Waals surface area contributed by atoms with Crippen LogP contribution in [0, 0.1) is 0 Å². The highest BCUT2D eigenvalue weighted by Crippen LogP contribution is 2.26. The molecule has 0 bridgehead atoms. The first kappa shape index (κ1) is 12.5. The Hall–Kier alpha value is -1.98. The smallest absolute Gasteiger partial charge is 0.200 e. The van der Waals surface area contributed by atoms with Gasteiger partial charge >= 0.3 is 0 Å². The van der Waals surface area contributed by atoms with Crippen molar-refractivity contribution in [2.45, 2.75) is 6.29 Å². The van der Waals surface area contributed by atoms with Crippen LogP contribution >= 0.6 is 0 Å². The van der Waals surface area contributed by atoms with Gasteiger partial charge in [0, 0.05) is 20.4 Å². The quantitative estimate of drug-likeness (QED) is 0.837. The van der Waals surface area contributed by atoms with Crippen LogP contribution in [0.25, 0.3) is 11.4 Å². The number of phenols is 1. The number of aromatic nitrogens is 2. The number of benzene rings is 1. The Bertz CT molecular complexity index is 527. The first-order valence-electron chi connectivity index (χ1n) is 5.43. The molecule has 1 aromatic heterocycles. The lowest BCUT2D eigenvalue weighted by atomic mass is 10.2. The summed E-state index contributed by atoms with van der Waals surface area (Å²) in [6.07, 6.45) is 1.06. The third-order valence-corrected chi connectivity index (χ3v) is 2.49. The molecule has 0 radical (unpaired) electrons. The number of hydrogen-bond donors (Lipinski definition) is 1. The molecule has 0 aliphatic carbocycles. The Kier molecular flexibility index (Phi) is 3.86. The largest absolute Gasteiger partial charge is 0.507 e. The van der Waals surface area contributed by atoms with Crippen molar-refractivity contribution in [1.82, 2.24) is 9.97 Å². The topological polar surface area (TPSA) is 64.5 Å². The van der Waals surface area contributed by atoms with E-state index >= 15 is 0 Å². The fourth-order valence-electron chi connectivity index (χ4n) is 1.63. The lowest BCUT2D eigenvalue weighted by Gasteiger charge is -2.13. The fraction of sp³-hybridized carbons (Fsp3) is 0.231. The summed E-state index contributed by atoms with van der Waals surface area (Å²) in [5.74, 6) is 0.575. The molecule has 0 amide bonds. The van der Waals surface area contributed by atoms with Crippen molar-refractivity contribution >= 4 is 0 Å². The molecule has 1 aromatic carbocycles. The number of hydrogen-bond acceptors (Lipinski definition) is 5. The maximum Gasteiger partial charge on any atom is 0.200 e. The van der Waals surface area contributed by atoms with E-state index in [4.69, 9.17) is 9.47 Å². The Morgan fingerprint density at radius 3 is 2.50 bits per heavy atom. The predicted octanol–water partition coefficient (Wildman–Crippen LogP) is 2.14. The van der Waals surface area contributed by atoms with E-state index in [-0.39, 0.29) is 5.75 Å². The summed E-state index contributed by atoms with van der Waals surface area (Å²) in [6, 6.07) is 8.62. The monoisotopic (exact) mass is 246 g/mol. The molecule has 18 heavy (non-hydrogen) atoms. The van der Waals surface area contributed by atoms with E-state index in [1.54, 1.807) is 30.5 Å². The van der Waals surface area contributed by atoms with Gasteiger partial charge in [-0.15, -0.1) is 0 Å². The molecule has 1 heterocycles. The van der Waals surface area contributed by atoms with Gasteiger partial charge in [0.25, 0.3) is 0 Å². The van der Waals surface area contributed by atoms with Crippen molar-refractivity contribution in [1.29, 1.82) is 0 Å². The number of nitrogens with zero attached hydrogens (tertiary/aromatic N) is 2. The normalized spacial score (nSPS) is 10.8. The van der Waals surface area contributed by atoms with Crippen LogP contribution in [0.4, 0.5) is 0 Å². The molecule has 5 nitrogen and oxygen atoms in total. The third kappa shape index (κ3) is 2.47. The summed E-state index contributed by atoms with van der Waals surface area (Å²) in [4.78, 5) is 8.46.